The van der Waals surface area contributed by atoms with E-state index in [0.29, 0.717) is 22.6 Å². The van der Waals surface area contributed by atoms with E-state index in [0.717, 1.165) is 28.7 Å². The van der Waals surface area contributed by atoms with Gasteiger partial charge in [-0.25, -0.2) is 0 Å². The maximum atomic E-state index is 13.2. The molecule has 0 spiro atoms. The molecule has 1 fully saturated rings. The number of rotatable bonds is 8. The third kappa shape index (κ3) is 4.48. The van der Waals surface area contributed by atoms with Crippen molar-refractivity contribution in [2.45, 2.75) is 50.3 Å². The second-order valence-corrected chi connectivity index (χ2v) is 11.0. The number of amides is 1. The van der Waals surface area contributed by atoms with Gasteiger partial charge in [-0.1, -0.05) is 28.9 Å². The fourth-order valence-corrected chi connectivity index (χ4v) is 6.25. The predicted molar refractivity (Wildman–Crippen MR) is 134 cm³/mol. The zero-order valence-corrected chi connectivity index (χ0v) is 21.0. The van der Waals surface area contributed by atoms with Gasteiger partial charge >= 0.3 is 0 Å². The number of H-pyrrole nitrogens is 1. The van der Waals surface area contributed by atoms with Crippen LogP contribution in [0.5, 0.6) is 5.75 Å². The highest BCUT2D eigenvalue weighted by atomic mass is 79.9. The molecule has 1 atom stereocenters. The Hall–Kier alpha value is -2.19. The molecule has 2 N–H and O–H groups in total. The van der Waals surface area contributed by atoms with Crippen LogP contribution >= 0.6 is 27.9 Å². The molecule has 170 valence electrons. The molecule has 1 aromatic carbocycles. The molecule has 0 radical (unpaired) electrons. The molecule has 8 heteroatoms. The molecule has 1 aromatic heterocycles. The summed E-state index contributed by atoms with van der Waals surface area (Å²) in [5.41, 5.74) is 3.64. The summed E-state index contributed by atoms with van der Waals surface area (Å²) in [7, 11) is 1.52. The summed E-state index contributed by atoms with van der Waals surface area (Å²) in [5.74, 6) is 0.498. The maximum Gasteiger partial charge on any atom is 0.256 e. The molecular weight excluding hydrogens is 490 g/mol. The van der Waals surface area contributed by atoms with Gasteiger partial charge in [-0.15, -0.1) is 6.58 Å². The first-order valence-corrected chi connectivity index (χ1v) is 12.3. The van der Waals surface area contributed by atoms with Crippen molar-refractivity contribution in [2.75, 3.05) is 18.0 Å². The van der Waals surface area contributed by atoms with E-state index >= 15 is 0 Å². The van der Waals surface area contributed by atoms with E-state index in [1.165, 1.54) is 20.0 Å². The topological polar surface area (TPSA) is 74.4 Å². The van der Waals surface area contributed by atoms with Crippen molar-refractivity contribution >= 4 is 39.5 Å². The standard InChI is InChI=1S/C24H28BrN3O3S/c1-5-6-24(7-8-24)32-28-13-14(2)21-17(10-16(25)11-19(21)28)22(29)26-12-18-20(31-4)9-15(3)27-23(18)30/h5,9-11,14H,1,6-8,12-13H2,2-4H3,(H,26,29)(H,27,30). The number of hydrogen-bond acceptors (Lipinski definition) is 5. The Balaban J connectivity index is 1.59. The van der Waals surface area contributed by atoms with Gasteiger partial charge in [-0.3, -0.25) is 9.59 Å². The van der Waals surface area contributed by atoms with Gasteiger partial charge in [-0.05, 0) is 61.9 Å². The van der Waals surface area contributed by atoms with Gasteiger partial charge in [0.05, 0.1) is 24.9 Å². The van der Waals surface area contributed by atoms with Gasteiger partial charge in [-0.2, -0.15) is 0 Å². The molecule has 1 amide bonds. The predicted octanol–water partition coefficient (Wildman–Crippen LogP) is 5.06. The number of carbonyl (C=O) groups excluding carboxylic acids is 1. The third-order valence-electron chi connectivity index (χ3n) is 6.07. The Kier molecular flexibility index (Phi) is 6.45. The fraction of sp³-hybridized carbons (Fsp3) is 0.417. The SMILES string of the molecule is C=CCC1(SN2CC(C)c3c(C(=O)NCc4c(OC)cc(C)[nH]c4=O)cc(Br)cc32)CC1. The molecule has 2 heterocycles. The zero-order valence-electron chi connectivity index (χ0n) is 18.6. The summed E-state index contributed by atoms with van der Waals surface area (Å²) in [6.07, 6.45) is 5.38. The van der Waals surface area contributed by atoms with E-state index in [9.17, 15) is 9.59 Å². The number of aryl methyl sites for hydroxylation is 1. The Morgan fingerprint density at radius 2 is 2.19 bits per heavy atom. The molecule has 2 aliphatic rings. The molecule has 2 aromatic rings. The van der Waals surface area contributed by atoms with Crippen LogP contribution in [-0.4, -0.2) is 29.3 Å². The van der Waals surface area contributed by atoms with Gasteiger partial charge < -0.3 is 19.3 Å². The van der Waals surface area contributed by atoms with E-state index in [-0.39, 0.29) is 28.7 Å². The highest BCUT2D eigenvalue weighted by molar-refractivity contribution is 9.10. The summed E-state index contributed by atoms with van der Waals surface area (Å²) < 4.78 is 8.79. The van der Waals surface area contributed by atoms with E-state index in [4.69, 9.17) is 4.74 Å². The maximum absolute atomic E-state index is 13.2. The molecule has 32 heavy (non-hydrogen) atoms. The van der Waals surface area contributed by atoms with Crippen LogP contribution in [-0.2, 0) is 6.54 Å². The van der Waals surface area contributed by atoms with Crippen molar-refractivity contribution in [3.05, 3.63) is 68.1 Å². The number of hydrogen-bond donors (Lipinski definition) is 2. The van der Waals surface area contributed by atoms with Crippen molar-refractivity contribution in [3.63, 3.8) is 0 Å². The smallest absolute Gasteiger partial charge is 0.256 e. The third-order valence-corrected chi connectivity index (χ3v) is 8.06. The minimum Gasteiger partial charge on any atom is -0.496 e. The highest BCUT2D eigenvalue weighted by Crippen LogP contribution is 2.56. The number of aromatic nitrogens is 1. The number of carbonyl (C=O) groups is 1. The number of halogens is 1. The summed E-state index contributed by atoms with van der Waals surface area (Å²) in [4.78, 5) is 28.4. The first-order chi connectivity index (χ1) is 15.3. The normalized spacial score (nSPS) is 18.2. The number of ether oxygens (including phenoxy) is 1. The van der Waals surface area contributed by atoms with Crippen molar-refractivity contribution in [3.8, 4) is 5.75 Å². The average molecular weight is 518 g/mol. The second-order valence-electron chi connectivity index (χ2n) is 8.63. The van der Waals surface area contributed by atoms with E-state index in [1.54, 1.807) is 13.0 Å². The molecule has 1 unspecified atom stereocenters. The molecule has 6 nitrogen and oxygen atoms in total. The van der Waals surface area contributed by atoms with E-state index in [2.05, 4.69) is 50.1 Å². The molecule has 0 bridgehead atoms. The van der Waals surface area contributed by atoms with Crippen molar-refractivity contribution in [1.29, 1.82) is 0 Å². The molecule has 1 aliphatic heterocycles. The van der Waals surface area contributed by atoms with Gasteiger partial charge in [0.15, 0.2) is 0 Å². The number of methoxy groups -OCH3 is 1. The van der Waals surface area contributed by atoms with Crippen molar-refractivity contribution < 1.29 is 9.53 Å². The number of pyridine rings is 1. The van der Waals surface area contributed by atoms with Crippen molar-refractivity contribution in [1.82, 2.24) is 10.3 Å². The van der Waals surface area contributed by atoms with Crippen molar-refractivity contribution in [2.24, 2.45) is 0 Å². The lowest BCUT2D eigenvalue weighted by molar-refractivity contribution is 0.0949. The summed E-state index contributed by atoms with van der Waals surface area (Å²) in [5, 5.41) is 2.93. The van der Waals surface area contributed by atoms with Gasteiger partial charge in [0, 0.05) is 32.9 Å². The quantitative estimate of drug-likeness (QED) is 0.377. The first-order valence-electron chi connectivity index (χ1n) is 10.7. The summed E-state index contributed by atoms with van der Waals surface area (Å²) in [6, 6.07) is 5.72. The zero-order chi connectivity index (χ0) is 23.0. The van der Waals surface area contributed by atoms with Gasteiger partial charge in [0.2, 0.25) is 0 Å². The molecule has 4 rings (SSSR count). The summed E-state index contributed by atoms with van der Waals surface area (Å²) >= 11 is 5.48. The van der Waals surface area contributed by atoms with E-state index in [1.807, 2.05) is 24.1 Å². The molecule has 1 aliphatic carbocycles. The van der Waals surface area contributed by atoms with Crippen LogP contribution in [0.4, 0.5) is 5.69 Å². The Morgan fingerprint density at radius 3 is 2.84 bits per heavy atom. The Labute approximate surface area is 201 Å². The minimum absolute atomic E-state index is 0.0915. The second kappa shape index (κ2) is 8.98. The Bertz CT molecular complexity index is 1130. The number of nitrogens with zero attached hydrogens (tertiary/aromatic N) is 1. The lowest BCUT2D eigenvalue weighted by Crippen LogP contribution is -2.28. The van der Waals surface area contributed by atoms with Crippen LogP contribution in [0.1, 0.15) is 59.3 Å². The number of anilines is 1. The van der Waals surface area contributed by atoms with Crippen LogP contribution in [0.2, 0.25) is 0 Å². The van der Waals surface area contributed by atoms with Crippen LogP contribution in [0, 0.1) is 6.92 Å². The first kappa shape index (κ1) is 23.0. The number of allylic oxidation sites excluding steroid dienone is 1. The average Bonchev–Trinajstić information content (AvgIpc) is 3.42. The molecule has 0 saturated heterocycles. The number of aromatic amines is 1. The molecule has 1 saturated carbocycles. The van der Waals surface area contributed by atoms with Crippen LogP contribution in [0.3, 0.4) is 0 Å². The Morgan fingerprint density at radius 1 is 1.44 bits per heavy atom. The molecular formula is C24H28BrN3O3S. The fourth-order valence-electron chi connectivity index (χ4n) is 4.31. The van der Waals surface area contributed by atoms with Crippen LogP contribution in [0.15, 0.2) is 40.1 Å². The number of benzene rings is 1. The highest BCUT2D eigenvalue weighted by Gasteiger charge is 2.46. The summed E-state index contributed by atoms with van der Waals surface area (Å²) in [6.45, 7) is 8.82. The lowest BCUT2D eigenvalue weighted by atomic mass is 9.97. The van der Waals surface area contributed by atoms with Gasteiger partial charge in [0.25, 0.3) is 11.5 Å². The lowest BCUT2D eigenvalue weighted by Gasteiger charge is -2.24. The number of nitrogens with one attached hydrogen (secondary N) is 2. The van der Waals surface area contributed by atoms with Crippen LogP contribution < -0.4 is 19.9 Å². The van der Waals surface area contributed by atoms with Gasteiger partial charge in [0.1, 0.15) is 5.75 Å². The minimum atomic E-state index is -0.255. The van der Waals surface area contributed by atoms with E-state index < -0.39 is 0 Å². The largest absolute Gasteiger partial charge is 0.496 e. The van der Waals surface area contributed by atoms with Crippen LogP contribution in [0.25, 0.3) is 0 Å². The number of fused-ring (bicyclic) bond motifs is 1. The monoisotopic (exact) mass is 517 g/mol.